The summed E-state index contributed by atoms with van der Waals surface area (Å²) in [5, 5.41) is 2.92. The van der Waals surface area contributed by atoms with Gasteiger partial charge in [-0.05, 0) is 20.8 Å². The number of anilines is 1. The van der Waals surface area contributed by atoms with Crippen LogP contribution in [0.4, 0.5) is 9.93 Å². The van der Waals surface area contributed by atoms with E-state index >= 15 is 0 Å². The van der Waals surface area contributed by atoms with Crippen molar-refractivity contribution in [2.45, 2.75) is 33.3 Å². The number of ketones is 1. The second-order valence-electron chi connectivity index (χ2n) is 5.75. The summed E-state index contributed by atoms with van der Waals surface area (Å²) in [6, 6.07) is 9.39. The summed E-state index contributed by atoms with van der Waals surface area (Å²) in [7, 11) is 0. The molecule has 0 aliphatic heterocycles. The Labute approximate surface area is 133 Å². The smallest absolute Gasteiger partial charge is 0.413 e. The van der Waals surface area contributed by atoms with Crippen molar-refractivity contribution < 1.29 is 14.3 Å². The normalized spacial score (nSPS) is 11.1. The number of rotatable bonds is 3. The molecule has 0 saturated carbocycles. The molecule has 0 fully saturated rings. The van der Waals surface area contributed by atoms with E-state index in [1.54, 1.807) is 20.8 Å². The van der Waals surface area contributed by atoms with Crippen LogP contribution >= 0.6 is 11.3 Å². The van der Waals surface area contributed by atoms with Crippen LogP contribution in [0.25, 0.3) is 11.3 Å². The first-order chi connectivity index (χ1) is 10.3. The second kappa shape index (κ2) is 6.27. The zero-order valence-electron chi connectivity index (χ0n) is 13.0. The van der Waals surface area contributed by atoms with Crippen molar-refractivity contribution in [2.75, 3.05) is 5.32 Å². The monoisotopic (exact) mass is 318 g/mol. The average Bonchev–Trinajstić information content (AvgIpc) is 2.81. The third-order valence-electron chi connectivity index (χ3n) is 2.60. The molecule has 1 N–H and O–H groups in total. The maximum absolute atomic E-state index is 11.8. The highest BCUT2D eigenvalue weighted by Crippen LogP contribution is 2.31. The van der Waals surface area contributed by atoms with Gasteiger partial charge in [-0.1, -0.05) is 41.7 Å². The van der Waals surface area contributed by atoms with E-state index in [4.69, 9.17) is 4.74 Å². The van der Waals surface area contributed by atoms with Gasteiger partial charge < -0.3 is 4.74 Å². The van der Waals surface area contributed by atoms with Crippen LogP contribution in [-0.4, -0.2) is 22.5 Å². The summed E-state index contributed by atoms with van der Waals surface area (Å²) in [6.45, 7) is 6.83. The minimum absolute atomic E-state index is 0.0893. The molecule has 22 heavy (non-hydrogen) atoms. The maximum atomic E-state index is 11.8. The Kier molecular flexibility index (Phi) is 4.61. The lowest BCUT2D eigenvalue weighted by atomic mass is 10.1. The molecule has 2 aromatic rings. The number of carbonyl (C=O) groups is 2. The molecule has 2 rings (SSSR count). The van der Waals surface area contributed by atoms with Crippen molar-refractivity contribution in [3.05, 3.63) is 35.2 Å². The topological polar surface area (TPSA) is 68.3 Å². The first kappa shape index (κ1) is 16.2. The van der Waals surface area contributed by atoms with Crippen molar-refractivity contribution in [3.63, 3.8) is 0 Å². The van der Waals surface area contributed by atoms with Crippen molar-refractivity contribution in [2.24, 2.45) is 0 Å². The Morgan fingerprint density at radius 2 is 1.82 bits per heavy atom. The molecule has 0 unspecified atom stereocenters. The fourth-order valence-electron chi connectivity index (χ4n) is 1.79. The number of ether oxygens (including phenoxy) is 1. The number of thiazole rings is 1. The van der Waals surface area contributed by atoms with Gasteiger partial charge in [-0.15, -0.1) is 0 Å². The Balaban J connectivity index is 2.28. The van der Waals surface area contributed by atoms with Gasteiger partial charge >= 0.3 is 6.09 Å². The molecule has 1 amide bonds. The first-order valence-corrected chi connectivity index (χ1v) is 7.65. The van der Waals surface area contributed by atoms with Crippen LogP contribution in [0.15, 0.2) is 30.3 Å². The zero-order chi connectivity index (χ0) is 16.3. The summed E-state index contributed by atoms with van der Waals surface area (Å²) < 4.78 is 5.19. The number of carbonyl (C=O) groups excluding carboxylic acids is 2. The number of hydrogen-bond acceptors (Lipinski definition) is 5. The molecule has 1 aromatic carbocycles. The molecule has 6 heteroatoms. The Morgan fingerprint density at radius 1 is 1.18 bits per heavy atom. The van der Waals surface area contributed by atoms with Gasteiger partial charge in [-0.25, -0.2) is 9.78 Å². The van der Waals surface area contributed by atoms with Crippen molar-refractivity contribution in [3.8, 4) is 11.3 Å². The predicted molar refractivity (Wildman–Crippen MR) is 87.4 cm³/mol. The third-order valence-corrected chi connectivity index (χ3v) is 3.67. The highest BCUT2D eigenvalue weighted by Gasteiger charge is 2.20. The van der Waals surface area contributed by atoms with Gasteiger partial charge in [-0.2, -0.15) is 0 Å². The number of benzene rings is 1. The Morgan fingerprint density at radius 3 is 2.36 bits per heavy atom. The highest BCUT2D eigenvalue weighted by molar-refractivity contribution is 7.18. The fourth-order valence-corrected chi connectivity index (χ4v) is 2.66. The molecule has 116 valence electrons. The minimum Gasteiger partial charge on any atom is -0.444 e. The average molecular weight is 318 g/mol. The predicted octanol–water partition coefficient (Wildman–Crippen LogP) is 4.36. The van der Waals surface area contributed by atoms with Gasteiger partial charge in [0.2, 0.25) is 0 Å². The van der Waals surface area contributed by atoms with Gasteiger partial charge in [0.05, 0.1) is 10.6 Å². The number of nitrogens with zero attached hydrogens (tertiary/aromatic N) is 1. The van der Waals surface area contributed by atoms with E-state index in [1.807, 2.05) is 30.3 Å². The molecule has 0 spiro atoms. The van der Waals surface area contributed by atoms with Crippen LogP contribution in [0.3, 0.4) is 0 Å². The van der Waals surface area contributed by atoms with Crippen LogP contribution in [0.2, 0.25) is 0 Å². The lowest BCUT2D eigenvalue weighted by Crippen LogP contribution is -2.27. The molecule has 0 saturated heterocycles. The molecular formula is C16H18N2O3S. The molecular weight excluding hydrogens is 300 g/mol. The van der Waals surface area contributed by atoms with E-state index in [0.29, 0.717) is 15.7 Å². The molecule has 0 aliphatic rings. The van der Waals surface area contributed by atoms with E-state index in [0.717, 1.165) is 16.9 Å². The molecule has 1 aromatic heterocycles. The summed E-state index contributed by atoms with van der Waals surface area (Å²) in [5.74, 6) is -0.0893. The minimum atomic E-state index is -0.590. The second-order valence-corrected chi connectivity index (χ2v) is 6.74. The number of Topliss-reactive ketones (excluding diaryl/α,β-unsaturated/α-hetero) is 1. The molecule has 0 bridgehead atoms. The molecule has 1 heterocycles. The highest BCUT2D eigenvalue weighted by atomic mass is 32.1. The summed E-state index contributed by atoms with van der Waals surface area (Å²) in [6.07, 6.45) is -0.587. The SMILES string of the molecule is CC(=O)c1sc(NC(=O)OC(C)(C)C)nc1-c1ccccc1. The van der Waals surface area contributed by atoms with Crippen LogP contribution < -0.4 is 5.32 Å². The number of hydrogen-bond donors (Lipinski definition) is 1. The van der Waals surface area contributed by atoms with Gasteiger partial charge in [0, 0.05) is 12.5 Å². The Bertz CT molecular complexity index is 687. The number of amides is 1. The molecule has 5 nitrogen and oxygen atoms in total. The quantitative estimate of drug-likeness (QED) is 0.854. The van der Waals surface area contributed by atoms with E-state index < -0.39 is 11.7 Å². The molecule has 0 atom stereocenters. The number of nitrogens with one attached hydrogen (secondary N) is 1. The van der Waals surface area contributed by atoms with Crippen molar-refractivity contribution in [1.29, 1.82) is 0 Å². The van der Waals surface area contributed by atoms with Crippen LogP contribution in [0.1, 0.15) is 37.4 Å². The lowest BCUT2D eigenvalue weighted by Gasteiger charge is -2.18. The largest absolute Gasteiger partial charge is 0.444 e. The van der Waals surface area contributed by atoms with Crippen molar-refractivity contribution in [1.82, 2.24) is 4.98 Å². The van der Waals surface area contributed by atoms with Gasteiger partial charge in [0.1, 0.15) is 5.60 Å². The lowest BCUT2D eigenvalue weighted by molar-refractivity contribution is 0.0635. The third kappa shape index (κ3) is 4.14. The van der Waals surface area contributed by atoms with E-state index in [1.165, 1.54) is 6.92 Å². The van der Waals surface area contributed by atoms with Gasteiger partial charge in [-0.3, -0.25) is 10.1 Å². The van der Waals surface area contributed by atoms with E-state index in [2.05, 4.69) is 10.3 Å². The molecule has 0 radical (unpaired) electrons. The summed E-state index contributed by atoms with van der Waals surface area (Å²) >= 11 is 1.14. The maximum Gasteiger partial charge on any atom is 0.413 e. The van der Waals surface area contributed by atoms with E-state index in [-0.39, 0.29) is 5.78 Å². The fraction of sp³-hybridized carbons (Fsp3) is 0.312. The van der Waals surface area contributed by atoms with Crippen LogP contribution in [0, 0.1) is 0 Å². The molecule has 0 aliphatic carbocycles. The van der Waals surface area contributed by atoms with Crippen LogP contribution in [0.5, 0.6) is 0 Å². The van der Waals surface area contributed by atoms with E-state index in [9.17, 15) is 9.59 Å². The first-order valence-electron chi connectivity index (χ1n) is 6.83. The summed E-state index contributed by atoms with van der Waals surface area (Å²) in [5.41, 5.74) is 0.817. The van der Waals surface area contributed by atoms with Crippen molar-refractivity contribution >= 4 is 28.3 Å². The van der Waals surface area contributed by atoms with Gasteiger partial charge in [0.15, 0.2) is 10.9 Å². The van der Waals surface area contributed by atoms with Gasteiger partial charge in [0.25, 0.3) is 0 Å². The standard InChI is InChI=1S/C16H18N2O3S/c1-10(19)13-12(11-8-6-5-7-9-11)17-14(22-13)18-15(20)21-16(2,3)4/h5-9H,1-4H3,(H,17,18,20). The zero-order valence-corrected chi connectivity index (χ0v) is 13.8. The van der Waals surface area contributed by atoms with Crippen LogP contribution in [-0.2, 0) is 4.74 Å². The Hall–Kier alpha value is -2.21. The number of aromatic nitrogens is 1. The summed E-state index contributed by atoms with van der Waals surface area (Å²) in [4.78, 5) is 28.5.